The Morgan fingerprint density at radius 2 is 2.20 bits per heavy atom. The van der Waals surface area contributed by atoms with Gasteiger partial charge in [-0.3, -0.25) is 15.5 Å². The largest absolute Gasteiger partial charge is 0.480 e. The van der Waals surface area contributed by atoms with Gasteiger partial charge < -0.3 is 21.9 Å². The molecule has 8 N–H and O–H groups in total. The lowest BCUT2D eigenvalue weighted by atomic mass is 10.1. The molecule has 0 aromatic heterocycles. The minimum atomic E-state index is -0.921. The van der Waals surface area contributed by atoms with E-state index in [2.05, 4.69) is 10.6 Å². The highest BCUT2D eigenvalue weighted by molar-refractivity contribution is 5.74. The molecule has 0 aliphatic carbocycles. The summed E-state index contributed by atoms with van der Waals surface area (Å²) in [6.45, 7) is 2.17. The molecule has 0 rings (SSSR count). The summed E-state index contributed by atoms with van der Waals surface area (Å²) in [7, 11) is 0. The third kappa shape index (κ3) is 7.71. The molecule has 0 amide bonds. The number of hydrogen-bond acceptors (Lipinski definition) is 4. The highest BCUT2D eigenvalue weighted by Gasteiger charge is 2.17. The monoisotopic (exact) mass is 217 g/mol. The zero-order valence-electron chi connectivity index (χ0n) is 8.79. The SMILES string of the molecule is CC(N)N[C@@H](CCCNC(=N)N)C(=O)O. The van der Waals surface area contributed by atoms with Crippen LogP contribution in [0.15, 0.2) is 0 Å². The van der Waals surface area contributed by atoms with Crippen LogP contribution < -0.4 is 22.1 Å². The fraction of sp³-hybridized carbons (Fsp3) is 0.750. The summed E-state index contributed by atoms with van der Waals surface area (Å²) < 4.78 is 0. The summed E-state index contributed by atoms with van der Waals surface area (Å²) in [4.78, 5) is 10.8. The maximum Gasteiger partial charge on any atom is 0.320 e. The van der Waals surface area contributed by atoms with Crippen LogP contribution in [0.4, 0.5) is 0 Å². The van der Waals surface area contributed by atoms with Crippen LogP contribution in [0.25, 0.3) is 0 Å². The maximum absolute atomic E-state index is 10.8. The number of nitrogens with one attached hydrogen (secondary N) is 3. The molecule has 0 aliphatic rings. The van der Waals surface area contributed by atoms with Crippen LogP contribution in [0.5, 0.6) is 0 Å². The summed E-state index contributed by atoms with van der Waals surface area (Å²) in [5.74, 6) is -1.03. The Morgan fingerprint density at radius 3 is 2.60 bits per heavy atom. The molecule has 0 heterocycles. The van der Waals surface area contributed by atoms with Crippen molar-refractivity contribution < 1.29 is 9.90 Å². The Labute approximate surface area is 88.7 Å². The Balaban J connectivity index is 3.76. The molecule has 0 fully saturated rings. The zero-order chi connectivity index (χ0) is 11.8. The van der Waals surface area contributed by atoms with E-state index in [0.717, 1.165) is 0 Å². The van der Waals surface area contributed by atoms with Crippen molar-refractivity contribution in [3.63, 3.8) is 0 Å². The summed E-state index contributed by atoms with van der Waals surface area (Å²) in [5.41, 5.74) is 10.5. The Morgan fingerprint density at radius 1 is 1.60 bits per heavy atom. The van der Waals surface area contributed by atoms with Crippen LogP contribution in [-0.2, 0) is 4.79 Å². The average molecular weight is 217 g/mol. The van der Waals surface area contributed by atoms with Gasteiger partial charge in [-0.2, -0.15) is 0 Å². The first-order chi connectivity index (χ1) is 6.93. The van der Waals surface area contributed by atoms with Crippen molar-refractivity contribution >= 4 is 11.9 Å². The highest BCUT2D eigenvalue weighted by Crippen LogP contribution is 1.97. The molecule has 15 heavy (non-hydrogen) atoms. The van der Waals surface area contributed by atoms with E-state index < -0.39 is 12.0 Å². The first-order valence-corrected chi connectivity index (χ1v) is 4.75. The third-order valence-corrected chi connectivity index (χ3v) is 1.75. The fourth-order valence-electron chi connectivity index (χ4n) is 1.12. The summed E-state index contributed by atoms with van der Waals surface area (Å²) in [6, 6.07) is -0.654. The smallest absolute Gasteiger partial charge is 0.320 e. The number of carboxylic acid groups (broad SMARTS) is 1. The van der Waals surface area contributed by atoms with Crippen molar-refractivity contribution in [1.82, 2.24) is 10.6 Å². The normalized spacial score (nSPS) is 14.3. The van der Waals surface area contributed by atoms with E-state index in [1.54, 1.807) is 6.92 Å². The van der Waals surface area contributed by atoms with Gasteiger partial charge in [0.25, 0.3) is 0 Å². The number of hydrogen-bond donors (Lipinski definition) is 6. The molecule has 0 aromatic rings. The molecule has 1 unspecified atom stereocenters. The second kappa shape index (κ2) is 7.02. The first kappa shape index (κ1) is 13.7. The molecule has 0 aliphatic heterocycles. The number of rotatable bonds is 7. The lowest BCUT2D eigenvalue weighted by molar-refractivity contribution is -0.139. The molecule has 88 valence electrons. The molecule has 0 bridgehead atoms. The molecule has 0 saturated carbocycles. The minimum absolute atomic E-state index is 0.109. The average Bonchev–Trinajstić information content (AvgIpc) is 2.08. The van der Waals surface area contributed by atoms with Gasteiger partial charge >= 0.3 is 5.97 Å². The fourth-order valence-corrected chi connectivity index (χ4v) is 1.12. The van der Waals surface area contributed by atoms with E-state index in [0.29, 0.717) is 19.4 Å². The van der Waals surface area contributed by atoms with E-state index >= 15 is 0 Å². The van der Waals surface area contributed by atoms with Crippen LogP contribution in [0.1, 0.15) is 19.8 Å². The molecule has 0 spiro atoms. The number of nitrogens with two attached hydrogens (primary N) is 2. The molecule has 0 radical (unpaired) electrons. The van der Waals surface area contributed by atoms with Crippen molar-refractivity contribution in [3.05, 3.63) is 0 Å². The third-order valence-electron chi connectivity index (χ3n) is 1.75. The van der Waals surface area contributed by atoms with Crippen molar-refractivity contribution in [1.29, 1.82) is 5.41 Å². The van der Waals surface area contributed by atoms with Gasteiger partial charge in [-0.25, -0.2) is 0 Å². The number of guanidine groups is 1. The molecule has 2 atom stereocenters. The van der Waals surface area contributed by atoms with E-state index in [9.17, 15) is 4.79 Å². The lowest BCUT2D eigenvalue weighted by Gasteiger charge is -2.17. The van der Waals surface area contributed by atoms with Crippen molar-refractivity contribution in [2.24, 2.45) is 11.5 Å². The van der Waals surface area contributed by atoms with Gasteiger partial charge in [-0.1, -0.05) is 0 Å². The highest BCUT2D eigenvalue weighted by atomic mass is 16.4. The van der Waals surface area contributed by atoms with Crippen molar-refractivity contribution in [2.45, 2.75) is 32.0 Å². The van der Waals surface area contributed by atoms with E-state index in [1.807, 2.05) is 0 Å². The first-order valence-electron chi connectivity index (χ1n) is 4.75. The van der Waals surface area contributed by atoms with Crippen LogP contribution in [0.3, 0.4) is 0 Å². The molecule has 7 heteroatoms. The summed E-state index contributed by atoms with van der Waals surface area (Å²) in [6.07, 6.45) is 0.694. The van der Waals surface area contributed by atoms with E-state index in [4.69, 9.17) is 22.0 Å². The van der Waals surface area contributed by atoms with Crippen molar-refractivity contribution in [2.75, 3.05) is 6.54 Å². The predicted molar refractivity (Wildman–Crippen MR) is 57.4 cm³/mol. The Kier molecular flexibility index (Phi) is 6.39. The lowest BCUT2D eigenvalue weighted by Crippen LogP contribution is -2.46. The predicted octanol–water partition coefficient (Wildman–Crippen LogP) is -1.40. The number of carboxylic acids is 1. The van der Waals surface area contributed by atoms with Gasteiger partial charge in [0.15, 0.2) is 5.96 Å². The Bertz CT molecular complexity index is 219. The molecule has 7 nitrogen and oxygen atoms in total. The van der Waals surface area contributed by atoms with Gasteiger partial charge in [-0.15, -0.1) is 0 Å². The second-order valence-electron chi connectivity index (χ2n) is 3.33. The quantitative estimate of drug-likeness (QED) is 0.134. The number of carbonyl (C=O) groups is 1. The van der Waals surface area contributed by atoms with Crippen LogP contribution in [0, 0.1) is 5.41 Å². The molecule has 0 saturated heterocycles. The minimum Gasteiger partial charge on any atom is -0.480 e. The van der Waals surface area contributed by atoms with Crippen LogP contribution in [-0.4, -0.2) is 35.8 Å². The standard InChI is InChI=1S/C8H19N5O2/c1-5(9)13-6(7(14)15)3-2-4-12-8(10)11/h5-6,13H,2-4,9H2,1H3,(H,14,15)(H4,10,11,12)/t5?,6-/m0/s1. The van der Waals surface area contributed by atoms with Gasteiger partial charge in [0.05, 0.1) is 6.17 Å². The molecule has 0 aromatic carbocycles. The van der Waals surface area contributed by atoms with Crippen LogP contribution in [0.2, 0.25) is 0 Å². The maximum atomic E-state index is 10.8. The molecular weight excluding hydrogens is 198 g/mol. The van der Waals surface area contributed by atoms with Gasteiger partial charge in [-0.05, 0) is 19.8 Å². The van der Waals surface area contributed by atoms with Crippen molar-refractivity contribution in [3.8, 4) is 0 Å². The Hall–Kier alpha value is -1.34. The second-order valence-corrected chi connectivity index (χ2v) is 3.33. The van der Waals surface area contributed by atoms with E-state index in [1.165, 1.54) is 0 Å². The molecular formula is C8H19N5O2. The number of aliphatic carboxylic acids is 1. The van der Waals surface area contributed by atoms with Gasteiger partial charge in [0.1, 0.15) is 6.04 Å². The topological polar surface area (TPSA) is 137 Å². The zero-order valence-corrected chi connectivity index (χ0v) is 8.79. The summed E-state index contributed by atoms with van der Waals surface area (Å²) >= 11 is 0. The van der Waals surface area contributed by atoms with Gasteiger partial charge in [0, 0.05) is 6.54 Å². The summed E-state index contributed by atoms with van der Waals surface area (Å²) in [5, 5.41) is 21.1. The van der Waals surface area contributed by atoms with E-state index in [-0.39, 0.29) is 12.1 Å². The van der Waals surface area contributed by atoms with Gasteiger partial charge in [0.2, 0.25) is 0 Å². The van der Waals surface area contributed by atoms with Crippen LogP contribution >= 0.6 is 0 Å².